The van der Waals surface area contributed by atoms with E-state index in [1.165, 1.54) is 7.11 Å². The molecule has 0 spiro atoms. The molecular weight excluding hydrogens is 162 g/mol. The third-order valence-corrected chi connectivity index (χ3v) is 1.99. The van der Waals surface area contributed by atoms with E-state index in [-0.39, 0.29) is 0 Å². The van der Waals surface area contributed by atoms with Crippen LogP contribution in [0.25, 0.3) is 0 Å². The summed E-state index contributed by atoms with van der Waals surface area (Å²) in [5.41, 5.74) is 0. The molecule has 5 heteroatoms. The van der Waals surface area contributed by atoms with Crippen molar-refractivity contribution in [2.75, 3.05) is 13.7 Å². The molecule has 0 aromatic carbocycles. The lowest BCUT2D eigenvalue weighted by Gasteiger charge is -2.12. The van der Waals surface area contributed by atoms with Gasteiger partial charge in [0.2, 0.25) is 0 Å². The molecule has 1 fully saturated rings. The first-order valence-corrected chi connectivity index (χ1v) is 3.71. The summed E-state index contributed by atoms with van der Waals surface area (Å²) >= 11 is 0. The number of rotatable bonds is 2. The molecule has 0 aromatic rings. The van der Waals surface area contributed by atoms with Crippen molar-refractivity contribution in [2.24, 2.45) is 5.92 Å². The predicted octanol–water partition coefficient (Wildman–Crippen LogP) is -0.778. The number of nitrogens with one attached hydrogen (secondary N) is 1. The number of carboxylic acids is 1. The first kappa shape index (κ1) is 8.99. The number of carbonyl (C=O) groups excluding carboxylic acids is 1. The minimum atomic E-state index is -0.949. The standard InChI is InChI=1S/C7H11NO4/c1-12-7(11)5-4(6(9)10)2-3-8-5/h4-5,8H,2-3H2,1H3,(H,9,10). The van der Waals surface area contributed by atoms with Crippen LogP contribution in [0.4, 0.5) is 0 Å². The van der Waals surface area contributed by atoms with Crippen molar-refractivity contribution in [2.45, 2.75) is 12.5 Å². The van der Waals surface area contributed by atoms with Crippen molar-refractivity contribution in [3.63, 3.8) is 0 Å². The van der Waals surface area contributed by atoms with Crippen LogP contribution in [0.15, 0.2) is 0 Å². The molecule has 0 saturated carbocycles. The largest absolute Gasteiger partial charge is 0.481 e. The SMILES string of the molecule is COC(=O)C1NCCC1C(=O)O. The molecule has 12 heavy (non-hydrogen) atoms. The Morgan fingerprint density at radius 1 is 1.58 bits per heavy atom. The monoisotopic (exact) mass is 173 g/mol. The zero-order valence-electron chi connectivity index (χ0n) is 6.74. The van der Waals surface area contributed by atoms with E-state index >= 15 is 0 Å². The molecule has 2 N–H and O–H groups in total. The van der Waals surface area contributed by atoms with Gasteiger partial charge in [-0.25, -0.2) is 0 Å². The lowest BCUT2D eigenvalue weighted by atomic mass is 10.0. The van der Waals surface area contributed by atoms with Gasteiger partial charge in [-0.3, -0.25) is 9.59 Å². The summed E-state index contributed by atoms with van der Waals surface area (Å²) in [7, 11) is 1.25. The van der Waals surface area contributed by atoms with E-state index in [9.17, 15) is 9.59 Å². The molecule has 1 aliphatic heterocycles. The van der Waals surface area contributed by atoms with Crippen LogP contribution in [0.1, 0.15) is 6.42 Å². The fraction of sp³-hybridized carbons (Fsp3) is 0.714. The molecule has 5 nitrogen and oxygen atoms in total. The third kappa shape index (κ3) is 1.55. The van der Waals surface area contributed by atoms with Crippen LogP contribution in [0.3, 0.4) is 0 Å². The van der Waals surface area contributed by atoms with Crippen molar-refractivity contribution in [1.29, 1.82) is 0 Å². The third-order valence-electron chi connectivity index (χ3n) is 1.99. The van der Waals surface area contributed by atoms with E-state index in [0.29, 0.717) is 13.0 Å². The van der Waals surface area contributed by atoms with E-state index < -0.39 is 23.9 Å². The van der Waals surface area contributed by atoms with E-state index in [4.69, 9.17) is 5.11 Å². The van der Waals surface area contributed by atoms with E-state index in [2.05, 4.69) is 10.1 Å². The highest BCUT2D eigenvalue weighted by Crippen LogP contribution is 2.16. The number of carboxylic acid groups (broad SMARTS) is 1. The molecule has 1 rings (SSSR count). The Kier molecular flexibility index (Phi) is 2.65. The number of hydrogen-bond donors (Lipinski definition) is 2. The average molecular weight is 173 g/mol. The minimum Gasteiger partial charge on any atom is -0.481 e. The Hall–Kier alpha value is -1.10. The van der Waals surface area contributed by atoms with Crippen LogP contribution in [0.2, 0.25) is 0 Å². The molecule has 68 valence electrons. The summed E-state index contributed by atoms with van der Waals surface area (Å²) in [5, 5.41) is 11.5. The van der Waals surface area contributed by atoms with Gasteiger partial charge in [0.1, 0.15) is 6.04 Å². The summed E-state index contributed by atoms with van der Waals surface area (Å²) < 4.78 is 4.45. The Labute approximate surface area is 69.7 Å². The lowest BCUT2D eigenvalue weighted by molar-refractivity contribution is -0.151. The van der Waals surface area contributed by atoms with Crippen LogP contribution in [-0.2, 0) is 14.3 Å². The maximum Gasteiger partial charge on any atom is 0.323 e. The Morgan fingerprint density at radius 2 is 2.25 bits per heavy atom. The van der Waals surface area contributed by atoms with Gasteiger partial charge in [0.05, 0.1) is 13.0 Å². The molecule has 2 unspecified atom stereocenters. The van der Waals surface area contributed by atoms with E-state index in [1.54, 1.807) is 0 Å². The maximum absolute atomic E-state index is 11.0. The van der Waals surface area contributed by atoms with Gasteiger partial charge in [-0.15, -0.1) is 0 Å². The number of carbonyl (C=O) groups is 2. The first-order valence-electron chi connectivity index (χ1n) is 3.71. The smallest absolute Gasteiger partial charge is 0.323 e. The van der Waals surface area contributed by atoms with Gasteiger partial charge in [0.25, 0.3) is 0 Å². The molecular formula is C7H11NO4. The number of aliphatic carboxylic acids is 1. The first-order chi connectivity index (χ1) is 5.66. The average Bonchev–Trinajstić information content (AvgIpc) is 2.50. The van der Waals surface area contributed by atoms with Gasteiger partial charge in [0, 0.05) is 0 Å². The normalized spacial score (nSPS) is 28.4. The molecule has 0 aromatic heterocycles. The summed E-state index contributed by atoms with van der Waals surface area (Å²) in [6.45, 7) is 0.552. The summed E-state index contributed by atoms with van der Waals surface area (Å²) in [6.07, 6.45) is 0.481. The van der Waals surface area contributed by atoms with Gasteiger partial charge in [0.15, 0.2) is 0 Å². The highest BCUT2D eigenvalue weighted by Gasteiger charge is 2.38. The molecule has 1 heterocycles. The van der Waals surface area contributed by atoms with Crippen molar-refractivity contribution >= 4 is 11.9 Å². The molecule has 1 saturated heterocycles. The number of methoxy groups -OCH3 is 1. The second-order valence-electron chi connectivity index (χ2n) is 2.69. The highest BCUT2D eigenvalue weighted by atomic mass is 16.5. The van der Waals surface area contributed by atoms with Crippen molar-refractivity contribution in [3.8, 4) is 0 Å². The molecule has 1 aliphatic rings. The highest BCUT2D eigenvalue weighted by molar-refractivity contribution is 5.84. The van der Waals surface area contributed by atoms with Crippen LogP contribution >= 0.6 is 0 Å². The van der Waals surface area contributed by atoms with Crippen LogP contribution in [0, 0.1) is 5.92 Å². The molecule has 0 bridgehead atoms. The molecule has 0 aliphatic carbocycles. The number of hydrogen-bond acceptors (Lipinski definition) is 4. The van der Waals surface area contributed by atoms with Gasteiger partial charge in [-0.2, -0.15) is 0 Å². The number of esters is 1. The van der Waals surface area contributed by atoms with Gasteiger partial charge >= 0.3 is 11.9 Å². The Bertz CT molecular complexity index is 204. The number of ether oxygens (including phenoxy) is 1. The lowest BCUT2D eigenvalue weighted by Crippen LogP contribution is -2.39. The van der Waals surface area contributed by atoms with Gasteiger partial charge in [-0.05, 0) is 13.0 Å². The fourth-order valence-electron chi connectivity index (χ4n) is 1.34. The Morgan fingerprint density at radius 3 is 2.75 bits per heavy atom. The van der Waals surface area contributed by atoms with Crippen LogP contribution < -0.4 is 5.32 Å². The van der Waals surface area contributed by atoms with Crippen LogP contribution in [0.5, 0.6) is 0 Å². The molecule has 2 atom stereocenters. The topological polar surface area (TPSA) is 75.6 Å². The summed E-state index contributed by atoms with van der Waals surface area (Å²) in [6, 6.07) is -0.674. The molecule has 0 radical (unpaired) electrons. The predicted molar refractivity (Wildman–Crippen MR) is 39.5 cm³/mol. The van der Waals surface area contributed by atoms with Crippen molar-refractivity contribution in [1.82, 2.24) is 5.32 Å². The Balaban J connectivity index is 2.63. The summed E-state index contributed by atoms with van der Waals surface area (Å²) in [5.74, 6) is -2.09. The minimum absolute atomic E-state index is 0.481. The second-order valence-corrected chi connectivity index (χ2v) is 2.69. The van der Waals surface area contributed by atoms with Crippen molar-refractivity contribution < 1.29 is 19.4 Å². The quantitative estimate of drug-likeness (QED) is 0.536. The van der Waals surface area contributed by atoms with Crippen LogP contribution in [-0.4, -0.2) is 36.7 Å². The van der Waals surface area contributed by atoms with E-state index in [0.717, 1.165) is 0 Å². The summed E-state index contributed by atoms with van der Waals surface area (Å²) in [4.78, 5) is 21.6. The van der Waals surface area contributed by atoms with Gasteiger partial charge < -0.3 is 15.2 Å². The zero-order valence-corrected chi connectivity index (χ0v) is 6.74. The van der Waals surface area contributed by atoms with E-state index in [1.807, 2.05) is 0 Å². The second kappa shape index (κ2) is 3.53. The molecule has 0 amide bonds. The van der Waals surface area contributed by atoms with Crippen molar-refractivity contribution in [3.05, 3.63) is 0 Å². The fourth-order valence-corrected chi connectivity index (χ4v) is 1.34. The zero-order chi connectivity index (χ0) is 9.14. The maximum atomic E-state index is 11.0. The van der Waals surface area contributed by atoms with Gasteiger partial charge in [-0.1, -0.05) is 0 Å².